The van der Waals surface area contributed by atoms with Crippen molar-refractivity contribution < 1.29 is 18.0 Å². The number of hydrogen-bond acceptors (Lipinski definition) is 2. The molecule has 96 valence electrons. The zero-order chi connectivity index (χ0) is 12.8. The SMILES string of the molecule is CC(C)CN(CC(F)(F)F)C(=O)CCCN. The third-order valence-electron chi connectivity index (χ3n) is 1.90. The second-order valence-electron chi connectivity index (χ2n) is 4.18. The second-order valence-corrected chi connectivity index (χ2v) is 4.18. The minimum absolute atomic E-state index is 0.0178. The molecular weight excluding hydrogens is 221 g/mol. The molecule has 0 rings (SSSR count). The lowest BCUT2D eigenvalue weighted by molar-refractivity contribution is -0.162. The molecule has 0 aromatic heterocycles. The van der Waals surface area contributed by atoms with E-state index in [1.807, 2.05) is 0 Å². The van der Waals surface area contributed by atoms with Crippen LogP contribution in [0.4, 0.5) is 13.2 Å². The van der Waals surface area contributed by atoms with Crippen LogP contribution in [0.15, 0.2) is 0 Å². The van der Waals surface area contributed by atoms with Crippen LogP contribution in [0.5, 0.6) is 0 Å². The van der Waals surface area contributed by atoms with Gasteiger partial charge in [-0.05, 0) is 18.9 Å². The van der Waals surface area contributed by atoms with E-state index in [2.05, 4.69) is 0 Å². The van der Waals surface area contributed by atoms with Crippen molar-refractivity contribution in [2.75, 3.05) is 19.6 Å². The Labute approximate surface area is 93.8 Å². The Balaban J connectivity index is 4.35. The van der Waals surface area contributed by atoms with E-state index in [-0.39, 0.29) is 18.9 Å². The summed E-state index contributed by atoms with van der Waals surface area (Å²) in [5.41, 5.74) is 5.21. The first kappa shape index (κ1) is 15.2. The molecule has 2 N–H and O–H groups in total. The standard InChI is InChI=1S/C10H19F3N2O/c1-8(2)6-15(7-10(11,12)13)9(16)4-3-5-14/h8H,3-7,14H2,1-2H3. The van der Waals surface area contributed by atoms with Gasteiger partial charge in [0.15, 0.2) is 0 Å². The molecule has 6 heteroatoms. The van der Waals surface area contributed by atoms with Crippen molar-refractivity contribution in [3.63, 3.8) is 0 Å². The molecule has 3 nitrogen and oxygen atoms in total. The van der Waals surface area contributed by atoms with Crippen LogP contribution >= 0.6 is 0 Å². The number of nitrogens with two attached hydrogens (primary N) is 1. The Bertz CT molecular complexity index is 217. The van der Waals surface area contributed by atoms with Gasteiger partial charge in [0.2, 0.25) is 5.91 Å². The van der Waals surface area contributed by atoms with E-state index in [0.717, 1.165) is 4.90 Å². The van der Waals surface area contributed by atoms with Gasteiger partial charge in [0.25, 0.3) is 0 Å². The number of rotatable bonds is 6. The average molecular weight is 240 g/mol. The summed E-state index contributed by atoms with van der Waals surface area (Å²) in [6.45, 7) is 2.82. The van der Waals surface area contributed by atoms with Crippen LogP contribution in [-0.2, 0) is 4.79 Å². The zero-order valence-corrected chi connectivity index (χ0v) is 9.68. The summed E-state index contributed by atoms with van der Waals surface area (Å²) in [6.07, 6.45) is -3.84. The van der Waals surface area contributed by atoms with Crippen LogP contribution < -0.4 is 5.73 Å². The van der Waals surface area contributed by atoms with Crippen molar-refractivity contribution in [2.45, 2.75) is 32.9 Å². The molecule has 0 radical (unpaired) electrons. The topological polar surface area (TPSA) is 46.3 Å². The predicted molar refractivity (Wildman–Crippen MR) is 55.8 cm³/mol. The monoisotopic (exact) mass is 240 g/mol. The van der Waals surface area contributed by atoms with E-state index in [1.165, 1.54) is 0 Å². The van der Waals surface area contributed by atoms with Crippen molar-refractivity contribution in [1.82, 2.24) is 4.90 Å². The molecule has 0 aliphatic carbocycles. The highest BCUT2D eigenvalue weighted by Crippen LogP contribution is 2.18. The van der Waals surface area contributed by atoms with Gasteiger partial charge >= 0.3 is 6.18 Å². The number of halogens is 3. The molecule has 0 fully saturated rings. The van der Waals surface area contributed by atoms with Crippen molar-refractivity contribution >= 4 is 5.91 Å². The Morgan fingerprint density at radius 2 is 1.94 bits per heavy atom. The highest BCUT2D eigenvalue weighted by atomic mass is 19.4. The van der Waals surface area contributed by atoms with Gasteiger partial charge in [-0.1, -0.05) is 13.8 Å². The Morgan fingerprint density at radius 3 is 2.31 bits per heavy atom. The van der Waals surface area contributed by atoms with Crippen LogP contribution in [0.1, 0.15) is 26.7 Å². The number of nitrogens with zero attached hydrogens (tertiary/aromatic N) is 1. The number of carbonyl (C=O) groups is 1. The summed E-state index contributed by atoms with van der Waals surface area (Å²) in [7, 11) is 0. The second kappa shape index (κ2) is 6.73. The maximum absolute atomic E-state index is 12.2. The van der Waals surface area contributed by atoms with Crippen molar-refractivity contribution in [3.05, 3.63) is 0 Å². The van der Waals surface area contributed by atoms with Crippen LogP contribution in [0.2, 0.25) is 0 Å². The Morgan fingerprint density at radius 1 is 1.38 bits per heavy atom. The first-order chi connectivity index (χ1) is 7.26. The zero-order valence-electron chi connectivity index (χ0n) is 9.68. The molecular formula is C10H19F3N2O. The first-order valence-corrected chi connectivity index (χ1v) is 5.31. The molecule has 1 amide bonds. The smallest absolute Gasteiger partial charge is 0.333 e. The molecule has 0 bridgehead atoms. The lowest BCUT2D eigenvalue weighted by Gasteiger charge is -2.25. The molecule has 16 heavy (non-hydrogen) atoms. The van der Waals surface area contributed by atoms with Gasteiger partial charge in [-0.15, -0.1) is 0 Å². The third kappa shape index (κ3) is 7.50. The van der Waals surface area contributed by atoms with Gasteiger partial charge in [0.1, 0.15) is 6.54 Å². The van der Waals surface area contributed by atoms with E-state index in [4.69, 9.17) is 5.73 Å². The third-order valence-corrected chi connectivity index (χ3v) is 1.90. The quantitative estimate of drug-likeness (QED) is 0.769. The number of hydrogen-bond donors (Lipinski definition) is 1. The van der Waals surface area contributed by atoms with Gasteiger partial charge in [-0.3, -0.25) is 4.79 Å². The van der Waals surface area contributed by atoms with E-state index in [1.54, 1.807) is 13.8 Å². The fraction of sp³-hybridized carbons (Fsp3) is 0.900. The van der Waals surface area contributed by atoms with Gasteiger partial charge in [0.05, 0.1) is 0 Å². The molecule has 0 heterocycles. The lowest BCUT2D eigenvalue weighted by atomic mass is 10.2. The molecule has 0 aromatic rings. The molecule has 0 aliphatic heterocycles. The lowest BCUT2D eigenvalue weighted by Crippen LogP contribution is -2.41. The van der Waals surface area contributed by atoms with Crippen LogP contribution in [-0.4, -0.2) is 36.6 Å². The maximum atomic E-state index is 12.2. The molecule has 0 aliphatic rings. The molecule has 0 atom stereocenters. The summed E-state index contributed by atoms with van der Waals surface area (Å²) in [5, 5.41) is 0. The highest BCUT2D eigenvalue weighted by Gasteiger charge is 2.32. The minimum atomic E-state index is -4.34. The van der Waals surface area contributed by atoms with Gasteiger partial charge in [0, 0.05) is 13.0 Å². The largest absolute Gasteiger partial charge is 0.406 e. The minimum Gasteiger partial charge on any atom is -0.333 e. The fourth-order valence-electron chi connectivity index (χ4n) is 1.32. The summed E-state index contributed by atoms with van der Waals surface area (Å²) in [6, 6.07) is 0. The first-order valence-electron chi connectivity index (χ1n) is 5.31. The molecule has 0 saturated carbocycles. The summed E-state index contributed by atoms with van der Waals surface area (Å²) in [5.74, 6) is -0.458. The molecule has 0 spiro atoms. The van der Waals surface area contributed by atoms with Gasteiger partial charge in [-0.25, -0.2) is 0 Å². The van der Waals surface area contributed by atoms with Crippen LogP contribution in [0.25, 0.3) is 0 Å². The van der Waals surface area contributed by atoms with E-state index < -0.39 is 18.6 Å². The Hall–Kier alpha value is -0.780. The average Bonchev–Trinajstić information content (AvgIpc) is 2.10. The highest BCUT2D eigenvalue weighted by molar-refractivity contribution is 5.76. The number of alkyl halides is 3. The fourth-order valence-corrected chi connectivity index (χ4v) is 1.32. The van der Waals surface area contributed by atoms with E-state index in [9.17, 15) is 18.0 Å². The molecule has 0 unspecified atom stereocenters. The summed E-state index contributed by atoms with van der Waals surface area (Å²) >= 11 is 0. The molecule has 0 aromatic carbocycles. The van der Waals surface area contributed by atoms with E-state index >= 15 is 0 Å². The normalized spacial score (nSPS) is 11.9. The maximum Gasteiger partial charge on any atom is 0.406 e. The Kier molecular flexibility index (Phi) is 6.40. The van der Waals surface area contributed by atoms with Crippen LogP contribution in [0.3, 0.4) is 0 Å². The number of amides is 1. The predicted octanol–water partition coefficient (Wildman–Crippen LogP) is 1.77. The van der Waals surface area contributed by atoms with Crippen LogP contribution in [0, 0.1) is 5.92 Å². The van der Waals surface area contributed by atoms with E-state index in [0.29, 0.717) is 13.0 Å². The van der Waals surface area contributed by atoms with Crippen molar-refractivity contribution in [2.24, 2.45) is 11.7 Å². The van der Waals surface area contributed by atoms with Crippen molar-refractivity contribution in [1.29, 1.82) is 0 Å². The van der Waals surface area contributed by atoms with Gasteiger partial charge < -0.3 is 10.6 Å². The number of carbonyl (C=O) groups excluding carboxylic acids is 1. The van der Waals surface area contributed by atoms with Crippen molar-refractivity contribution in [3.8, 4) is 0 Å². The molecule has 0 saturated heterocycles. The summed E-state index contributed by atoms with van der Waals surface area (Å²) in [4.78, 5) is 12.3. The van der Waals surface area contributed by atoms with Gasteiger partial charge in [-0.2, -0.15) is 13.2 Å². The summed E-state index contributed by atoms with van der Waals surface area (Å²) < 4.78 is 36.7.